The van der Waals surface area contributed by atoms with Crippen molar-refractivity contribution in [3.8, 4) is 0 Å². The standard InChI is InChI=1S/C11H16ClNO/c1-7(2)11(14)10(13)8-5-3-4-6-9(8)12/h3-7,10-11,14H,13H2,1-2H3/t10-,11+/m1/s1. The third-order valence-electron chi connectivity index (χ3n) is 2.32. The lowest BCUT2D eigenvalue weighted by Crippen LogP contribution is -2.30. The Kier molecular flexibility index (Phi) is 3.93. The van der Waals surface area contributed by atoms with Crippen LogP contribution in [0, 0.1) is 5.92 Å². The van der Waals surface area contributed by atoms with E-state index in [2.05, 4.69) is 0 Å². The van der Waals surface area contributed by atoms with Crippen LogP contribution in [0.2, 0.25) is 5.02 Å². The van der Waals surface area contributed by atoms with Crippen molar-refractivity contribution in [2.75, 3.05) is 0 Å². The molecule has 1 aromatic carbocycles. The second-order valence-electron chi connectivity index (χ2n) is 3.78. The maximum atomic E-state index is 9.79. The van der Waals surface area contributed by atoms with Gasteiger partial charge in [0.25, 0.3) is 0 Å². The number of nitrogens with two attached hydrogens (primary N) is 1. The molecule has 0 bridgehead atoms. The maximum absolute atomic E-state index is 9.79. The smallest absolute Gasteiger partial charge is 0.0756 e. The van der Waals surface area contributed by atoms with Crippen molar-refractivity contribution >= 4 is 11.6 Å². The maximum Gasteiger partial charge on any atom is 0.0756 e. The highest BCUT2D eigenvalue weighted by Gasteiger charge is 2.21. The molecule has 0 saturated carbocycles. The van der Waals surface area contributed by atoms with E-state index in [1.807, 2.05) is 32.0 Å². The van der Waals surface area contributed by atoms with Gasteiger partial charge in [0.2, 0.25) is 0 Å². The van der Waals surface area contributed by atoms with Gasteiger partial charge in [0, 0.05) is 5.02 Å². The summed E-state index contributed by atoms with van der Waals surface area (Å²) in [5.41, 5.74) is 6.71. The van der Waals surface area contributed by atoms with Gasteiger partial charge in [-0.25, -0.2) is 0 Å². The molecule has 14 heavy (non-hydrogen) atoms. The molecule has 1 aromatic rings. The molecule has 2 atom stereocenters. The molecule has 0 heterocycles. The molecule has 0 saturated heterocycles. The number of halogens is 1. The van der Waals surface area contributed by atoms with Crippen molar-refractivity contribution in [1.29, 1.82) is 0 Å². The predicted molar refractivity (Wildman–Crippen MR) is 59.2 cm³/mol. The highest BCUT2D eigenvalue weighted by atomic mass is 35.5. The molecule has 0 aliphatic heterocycles. The van der Waals surface area contributed by atoms with Gasteiger partial charge in [-0.2, -0.15) is 0 Å². The van der Waals surface area contributed by atoms with Crippen molar-refractivity contribution in [2.45, 2.75) is 26.0 Å². The van der Waals surface area contributed by atoms with Crippen LogP contribution in [0.15, 0.2) is 24.3 Å². The summed E-state index contributed by atoms with van der Waals surface area (Å²) in [7, 11) is 0. The van der Waals surface area contributed by atoms with Crippen LogP contribution in [0.1, 0.15) is 25.5 Å². The van der Waals surface area contributed by atoms with E-state index < -0.39 is 12.1 Å². The minimum atomic E-state index is -0.560. The number of aliphatic hydroxyl groups is 1. The van der Waals surface area contributed by atoms with Gasteiger partial charge in [-0.15, -0.1) is 0 Å². The first-order chi connectivity index (χ1) is 6.54. The van der Waals surface area contributed by atoms with Crippen LogP contribution >= 0.6 is 11.6 Å². The molecular weight excluding hydrogens is 198 g/mol. The van der Waals surface area contributed by atoms with Crippen LogP contribution in [0.3, 0.4) is 0 Å². The van der Waals surface area contributed by atoms with E-state index in [-0.39, 0.29) is 5.92 Å². The van der Waals surface area contributed by atoms with Crippen LogP contribution in [0.4, 0.5) is 0 Å². The van der Waals surface area contributed by atoms with Crippen LogP contribution in [0.5, 0.6) is 0 Å². The molecule has 0 unspecified atom stereocenters. The summed E-state index contributed by atoms with van der Waals surface area (Å²) in [6.45, 7) is 3.86. The molecule has 0 aliphatic carbocycles. The van der Waals surface area contributed by atoms with Gasteiger partial charge in [-0.1, -0.05) is 43.6 Å². The van der Waals surface area contributed by atoms with Crippen molar-refractivity contribution in [3.05, 3.63) is 34.9 Å². The Hall–Kier alpha value is -0.570. The molecule has 0 fully saturated rings. The van der Waals surface area contributed by atoms with E-state index in [0.29, 0.717) is 5.02 Å². The molecule has 78 valence electrons. The molecule has 0 spiro atoms. The van der Waals surface area contributed by atoms with Crippen molar-refractivity contribution in [2.24, 2.45) is 11.7 Å². The zero-order chi connectivity index (χ0) is 10.7. The van der Waals surface area contributed by atoms with E-state index in [4.69, 9.17) is 17.3 Å². The summed E-state index contributed by atoms with van der Waals surface area (Å²) in [6, 6.07) is 6.93. The predicted octanol–water partition coefficient (Wildman–Crippen LogP) is 2.36. The van der Waals surface area contributed by atoms with Gasteiger partial charge in [0.1, 0.15) is 0 Å². The summed E-state index contributed by atoms with van der Waals surface area (Å²) in [4.78, 5) is 0. The van der Waals surface area contributed by atoms with Gasteiger partial charge < -0.3 is 10.8 Å². The van der Waals surface area contributed by atoms with Gasteiger partial charge in [0.05, 0.1) is 12.1 Å². The van der Waals surface area contributed by atoms with Crippen molar-refractivity contribution in [1.82, 2.24) is 0 Å². The Morgan fingerprint density at radius 1 is 1.29 bits per heavy atom. The first-order valence-corrected chi connectivity index (χ1v) is 5.10. The minimum absolute atomic E-state index is 0.126. The van der Waals surface area contributed by atoms with E-state index in [0.717, 1.165) is 5.56 Å². The minimum Gasteiger partial charge on any atom is -0.391 e. The van der Waals surface area contributed by atoms with E-state index in [9.17, 15) is 5.11 Å². The molecule has 2 nitrogen and oxygen atoms in total. The largest absolute Gasteiger partial charge is 0.391 e. The summed E-state index contributed by atoms with van der Waals surface area (Å²) in [6.07, 6.45) is -0.560. The Labute approximate surface area is 89.7 Å². The third-order valence-corrected chi connectivity index (χ3v) is 2.66. The zero-order valence-corrected chi connectivity index (χ0v) is 9.20. The summed E-state index contributed by atoms with van der Waals surface area (Å²) < 4.78 is 0. The molecule has 3 heteroatoms. The Morgan fingerprint density at radius 2 is 1.86 bits per heavy atom. The first-order valence-electron chi connectivity index (χ1n) is 4.72. The molecule has 0 aromatic heterocycles. The van der Waals surface area contributed by atoms with Crippen molar-refractivity contribution in [3.63, 3.8) is 0 Å². The van der Waals surface area contributed by atoms with Gasteiger partial charge in [-0.3, -0.25) is 0 Å². The zero-order valence-electron chi connectivity index (χ0n) is 8.44. The lowest BCUT2D eigenvalue weighted by atomic mass is 9.94. The third kappa shape index (κ3) is 2.47. The number of aliphatic hydroxyl groups excluding tert-OH is 1. The van der Waals surface area contributed by atoms with Gasteiger partial charge >= 0.3 is 0 Å². The fourth-order valence-electron chi connectivity index (χ4n) is 1.34. The average Bonchev–Trinajstić information content (AvgIpc) is 2.16. The SMILES string of the molecule is CC(C)[C@H](O)[C@H](N)c1ccccc1Cl. The number of benzene rings is 1. The van der Waals surface area contributed by atoms with Gasteiger partial charge in [0.15, 0.2) is 0 Å². The molecule has 0 amide bonds. The van der Waals surface area contributed by atoms with E-state index in [1.54, 1.807) is 6.07 Å². The molecule has 1 rings (SSSR count). The first kappa shape index (κ1) is 11.5. The van der Waals surface area contributed by atoms with Crippen LogP contribution in [0.25, 0.3) is 0 Å². The lowest BCUT2D eigenvalue weighted by Gasteiger charge is -2.23. The van der Waals surface area contributed by atoms with E-state index in [1.165, 1.54) is 0 Å². The van der Waals surface area contributed by atoms with Crippen LogP contribution < -0.4 is 5.73 Å². The summed E-state index contributed by atoms with van der Waals surface area (Å²) >= 11 is 5.98. The molecular formula is C11H16ClNO. The fraction of sp³-hybridized carbons (Fsp3) is 0.455. The molecule has 0 radical (unpaired) electrons. The highest BCUT2D eigenvalue weighted by Crippen LogP contribution is 2.25. The Bertz CT molecular complexity index is 301. The number of hydrogen-bond acceptors (Lipinski definition) is 2. The normalized spacial score (nSPS) is 15.6. The molecule has 3 N–H and O–H groups in total. The Morgan fingerprint density at radius 3 is 2.36 bits per heavy atom. The summed E-state index contributed by atoms with van der Waals surface area (Å²) in [5.74, 6) is 0.126. The molecule has 0 aliphatic rings. The van der Waals surface area contributed by atoms with Gasteiger partial charge in [-0.05, 0) is 17.5 Å². The van der Waals surface area contributed by atoms with Crippen molar-refractivity contribution < 1.29 is 5.11 Å². The highest BCUT2D eigenvalue weighted by molar-refractivity contribution is 6.31. The van der Waals surface area contributed by atoms with Crippen LogP contribution in [-0.2, 0) is 0 Å². The average molecular weight is 214 g/mol. The quantitative estimate of drug-likeness (QED) is 0.810. The van der Waals surface area contributed by atoms with E-state index >= 15 is 0 Å². The second-order valence-corrected chi connectivity index (χ2v) is 4.19. The summed E-state index contributed by atoms with van der Waals surface area (Å²) in [5, 5.41) is 10.4. The van der Waals surface area contributed by atoms with Crippen LogP contribution in [-0.4, -0.2) is 11.2 Å². The Balaban J connectivity index is 2.89. The fourth-order valence-corrected chi connectivity index (χ4v) is 1.61. The topological polar surface area (TPSA) is 46.2 Å². The monoisotopic (exact) mass is 213 g/mol. The number of hydrogen-bond donors (Lipinski definition) is 2. The lowest BCUT2D eigenvalue weighted by molar-refractivity contribution is 0.0980. The number of rotatable bonds is 3. The second kappa shape index (κ2) is 4.78.